The minimum Gasteiger partial charge on any atom is -0.380 e. The van der Waals surface area contributed by atoms with Gasteiger partial charge in [-0.15, -0.1) is 0 Å². The fourth-order valence-electron chi connectivity index (χ4n) is 1.29. The van der Waals surface area contributed by atoms with E-state index in [1.54, 1.807) is 14.2 Å². The molecule has 0 radical (unpaired) electrons. The fourth-order valence-corrected chi connectivity index (χ4v) is 1.29. The van der Waals surface area contributed by atoms with Crippen molar-refractivity contribution in [1.29, 1.82) is 0 Å². The van der Waals surface area contributed by atoms with Crippen LogP contribution in [-0.2, 0) is 22.7 Å². The largest absolute Gasteiger partial charge is 0.380 e. The number of hydrogen-bond acceptors (Lipinski definition) is 2. The molecule has 0 spiro atoms. The van der Waals surface area contributed by atoms with Crippen LogP contribution < -0.4 is 0 Å². The second-order valence-corrected chi connectivity index (χ2v) is 3.13. The molecule has 72 valence electrons. The maximum absolute atomic E-state index is 5.10. The van der Waals surface area contributed by atoms with E-state index < -0.39 is 0 Å². The summed E-state index contributed by atoms with van der Waals surface area (Å²) >= 11 is 0. The fraction of sp³-hybridized carbons (Fsp3) is 0.455. The van der Waals surface area contributed by atoms with Crippen molar-refractivity contribution < 1.29 is 9.47 Å². The van der Waals surface area contributed by atoms with Crippen LogP contribution in [0.5, 0.6) is 0 Å². The van der Waals surface area contributed by atoms with Crippen LogP contribution in [0, 0.1) is 6.92 Å². The number of hydrogen-bond donors (Lipinski definition) is 0. The molecule has 0 aliphatic heterocycles. The van der Waals surface area contributed by atoms with E-state index in [2.05, 4.69) is 25.1 Å². The van der Waals surface area contributed by atoms with Gasteiger partial charge >= 0.3 is 0 Å². The van der Waals surface area contributed by atoms with Crippen LogP contribution >= 0.6 is 0 Å². The van der Waals surface area contributed by atoms with Crippen molar-refractivity contribution in [3.05, 3.63) is 34.9 Å². The molecule has 0 N–H and O–H groups in total. The molecule has 0 aromatic heterocycles. The van der Waals surface area contributed by atoms with E-state index in [4.69, 9.17) is 9.47 Å². The molecule has 0 atom stereocenters. The Morgan fingerprint density at radius 1 is 1.08 bits per heavy atom. The summed E-state index contributed by atoms with van der Waals surface area (Å²) in [4.78, 5) is 0. The van der Waals surface area contributed by atoms with E-state index in [-0.39, 0.29) is 0 Å². The molecule has 0 unspecified atom stereocenters. The summed E-state index contributed by atoms with van der Waals surface area (Å²) in [6.07, 6.45) is 0. The second kappa shape index (κ2) is 5.00. The lowest BCUT2D eigenvalue weighted by molar-refractivity contribution is 0.179. The molecule has 0 bridgehead atoms. The zero-order chi connectivity index (χ0) is 9.68. The third-order valence-corrected chi connectivity index (χ3v) is 2.02. The van der Waals surface area contributed by atoms with E-state index in [1.165, 1.54) is 16.7 Å². The van der Waals surface area contributed by atoms with Crippen molar-refractivity contribution in [2.45, 2.75) is 20.1 Å². The average molecular weight is 180 g/mol. The molecule has 0 amide bonds. The summed E-state index contributed by atoms with van der Waals surface area (Å²) in [7, 11) is 3.41. The molecule has 1 rings (SSSR count). The number of ether oxygens (including phenoxy) is 2. The van der Waals surface area contributed by atoms with Crippen LogP contribution in [0.25, 0.3) is 0 Å². The van der Waals surface area contributed by atoms with Crippen LogP contribution in [0.15, 0.2) is 18.2 Å². The first-order chi connectivity index (χ1) is 6.27. The third-order valence-electron chi connectivity index (χ3n) is 2.02. The van der Waals surface area contributed by atoms with Gasteiger partial charge in [0.25, 0.3) is 0 Å². The third kappa shape index (κ3) is 2.83. The van der Waals surface area contributed by atoms with Gasteiger partial charge in [-0.3, -0.25) is 0 Å². The van der Waals surface area contributed by atoms with E-state index >= 15 is 0 Å². The quantitative estimate of drug-likeness (QED) is 0.707. The number of benzene rings is 1. The van der Waals surface area contributed by atoms with E-state index in [9.17, 15) is 0 Å². The summed E-state index contributed by atoms with van der Waals surface area (Å²) in [6.45, 7) is 3.42. The lowest BCUT2D eigenvalue weighted by atomic mass is 10.1. The monoisotopic (exact) mass is 180 g/mol. The summed E-state index contributed by atoms with van der Waals surface area (Å²) in [5.74, 6) is 0. The molecule has 2 nitrogen and oxygen atoms in total. The number of methoxy groups -OCH3 is 2. The Labute approximate surface area is 79.5 Å². The predicted molar refractivity (Wildman–Crippen MR) is 52.6 cm³/mol. The first-order valence-corrected chi connectivity index (χ1v) is 4.34. The zero-order valence-corrected chi connectivity index (χ0v) is 8.46. The van der Waals surface area contributed by atoms with Crippen molar-refractivity contribution in [3.8, 4) is 0 Å². The van der Waals surface area contributed by atoms with Crippen molar-refractivity contribution in [2.75, 3.05) is 14.2 Å². The molecule has 0 aliphatic rings. The summed E-state index contributed by atoms with van der Waals surface area (Å²) < 4.78 is 10.2. The van der Waals surface area contributed by atoms with Gasteiger partial charge in [-0.1, -0.05) is 18.2 Å². The summed E-state index contributed by atoms with van der Waals surface area (Å²) in [5, 5.41) is 0. The second-order valence-electron chi connectivity index (χ2n) is 3.13. The first kappa shape index (κ1) is 10.2. The van der Waals surface area contributed by atoms with E-state index in [0.717, 1.165) is 0 Å². The van der Waals surface area contributed by atoms with Gasteiger partial charge < -0.3 is 9.47 Å². The zero-order valence-electron chi connectivity index (χ0n) is 8.46. The number of rotatable bonds is 4. The van der Waals surface area contributed by atoms with Crippen LogP contribution in [0.1, 0.15) is 16.7 Å². The van der Waals surface area contributed by atoms with Crippen molar-refractivity contribution in [3.63, 3.8) is 0 Å². The highest BCUT2D eigenvalue weighted by molar-refractivity contribution is 5.30. The smallest absolute Gasteiger partial charge is 0.0715 e. The Morgan fingerprint density at radius 2 is 1.77 bits per heavy atom. The Kier molecular flexibility index (Phi) is 3.93. The Hall–Kier alpha value is -0.860. The molecule has 0 saturated heterocycles. The normalized spacial score (nSPS) is 10.4. The van der Waals surface area contributed by atoms with Crippen molar-refractivity contribution in [2.24, 2.45) is 0 Å². The van der Waals surface area contributed by atoms with E-state index in [1.807, 2.05) is 0 Å². The maximum Gasteiger partial charge on any atom is 0.0715 e. The topological polar surface area (TPSA) is 18.5 Å². The van der Waals surface area contributed by atoms with Crippen LogP contribution in [0.3, 0.4) is 0 Å². The van der Waals surface area contributed by atoms with Crippen LogP contribution in [0.4, 0.5) is 0 Å². The molecule has 0 heterocycles. The molecule has 13 heavy (non-hydrogen) atoms. The highest BCUT2D eigenvalue weighted by Crippen LogP contribution is 2.12. The Balaban J connectivity index is 2.83. The molecule has 0 fully saturated rings. The highest BCUT2D eigenvalue weighted by atomic mass is 16.5. The van der Waals surface area contributed by atoms with Gasteiger partial charge in [-0.05, 0) is 23.6 Å². The minimum absolute atomic E-state index is 0.664. The molecule has 1 aromatic rings. The lowest BCUT2D eigenvalue weighted by Crippen LogP contribution is -1.95. The minimum atomic E-state index is 0.664. The van der Waals surface area contributed by atoms with Gasteiger partial charge in [0.15, 0.2) is 0 Å². The summed E-state index contributed by atoms with van der Waals surface area (Å²) in [5.41, 5.74) is 3.69. The lowest BCUT2D eigenvalue weighted by Gasteiger charge is -2.07. The van der Waals surface area contributed by atoms with Gasteiger partial charge in [0.05, 0.1) is 13.2 Å². The Bertz CT molecular complexity index is 269. The van der Waals surface area contributed by atoms with E-state index in [0.29, 0.717) is 13.2 Å². The van der Waals surface area contributed by atoms with Crippen LogP contribution in [0.2, 0.25) is 0 Å². The van der Waals surface area contributed by atoms with Gasteiger partial charge in [0.2, 0.25) is 0 Å². The van der Waals surface area contributed by atoms with Crippen molar-refractivity contribution in [1.82, 2.24) is 0 Å². The van der Waals surface area contributed by atoms with Crippen LogP contribution in [-0.4, -0.2) is 14.2 Å². The molecule has 1 aromatic carbocycles. The molecular formula is C11H16O2. The predicted octanol–water partition coefficient (Wildman–Crippen LogP) is 2.29. The standard InChI is InChI=1S/C11H16O2/c1-9-4-5-10(7-12-2)6-11(9)8-13-3/h4-6H,7-8H2,1-3H3. The van der Waals surface area contributed by atoms with Gasteiger partial charge in [-0.25, -0.2) is 0 Å². The molecular weight excluding hydrogens is 164 g/mol. The first-order valence-electron chi connectivity index (χ1n) is 4.34. The average Bonchev–Trinajstić information content (AvgIpc) is 2.12. The van der Waals surface area contributed by atoms with Crippen molar-refractivity contribution >= 4 is 0 Å². The molecule has 0 saturated carbocycles. The Morgan fingerprint density at radius 3 is 2.38 bits per heavy atom. The van der Waals surface area contributed by atoms with Gasteiger partial charge in [-0.2, -0.15) is 0 Å². The SMILES string of the molecule is COCc1ccc(C)c(COC)c1. The molecule has 2 heteroatoms. The van der Waals surface area contributed by atoms with Gasteiger partial charge in [0.1, 0.15) is 0 Å². The highest BCUT2D eigenvalue weighted by Gasteiger charge is 1.99. The van der Waals surface area contributed by atoms with Gasteiger partial charge in [0, 0.05) is 14.2 Å². The maximum atomic E-state index is 5.10. The number of aryl methyl sites for hydroxylation is 1. The molecule has 0 aliphatic carbocycles. The summed E-state index contributed by atoms with van der Waals surface area (Å²) in [6, 6.07) is 6.31.